The van der Waals surface area contributed by atoms with Gasteiger partial charge in [0.15, 0.2) is 0 Å². The van der Waals surface area contributed by atoms with Crippen LogP contribution in [0.25, 0.3) is 0 Å². The molecule has 0 aliphatic rings. The Kier molecular flexibility index (Phi) is 5.61. The van der Waals surface area contributed by atoms with Crippen molar-refractivity contribution in [3.8, 4) is 0 Å². The minimum absolute atomic E-state index is 0.257. The molecule has 0 unspecified atom stereocenters. The highest BCUT2D eigenvalue weighted by atomic mass is 79.9. The number of sulfonamides is 1. The van der Waals surface area contributed by atoms with E-state index in [9.17, 15) is 8.42 Å². The van der Waals surface area contributed by atoms with Gasteiger partial charge < -0.3 is 0 Å². The summed E-state index contributed by atoms with van der Waals surface area (Å²) >= 11 is 3.55. The third-order valence-electron chi connectivity index (χ3n) is 4.23. The molecule has 0 saturated heterocycles. The maximum atomic E-state index is 13.0. The Morgan fingerprint density at radius 2 is 1.35 bits per heavy atom. The Hall–Kier alpha value is -1.95. The van der Waals surface area contributed by atoms with Crippen LogP contribution in [0.3, 0.4) is 0 Å². The number of benzene rings is 3. The molecule has 0 aliphatic heterocycles. The molecule has 3 rings (SSSR count). The first-order valence-corrected chi connectivity index (χ1v) is 10.5. The van der Waals surface area contributed by atoms with Crippen molar-refractivity contribution in [2.45, 2.75) is 24.8 Å². The summed E-state index contributed by atoms with van der Waals surface area (Å²) < 4.78 is 29.6. The van der Waals surface area contributed by atoms with E-state index in [4.69, 9.17) is 0 Å². The molecule has 0 saturated carbocycles. The topological polar surface area (TPSA) is 46.2 Å². The van der Waals surface area contributed by atoms with Crippen LogP contribution in [0.1, 0.15) is 28.3 Å². The summed E-state index contributed by atoms with van der Waals surface area (Å²) in [6, 6.07) is 21.9. The molecule has 5 heteroatoms. The summed E-state index contributed by atoms with van der Waals surface area (Å²) in [6.07, 6.45) is 0. The molecule has 26 heavy (non-hydrogen) atoms. The first kappa shape index (κ1) is 18.8. The largest absolute Gasteiger partial charge is 0.241 e. The fourth-order valence-electron chi connectivity index (χ4n) is 2.72. The van der Waals surface area contributed by atoms with Gasteiger partial charge in [0.25, 0.3) is 0 Å². The summed E-state index contributed by atoms with van der Waals surface area (Å²) in [5.74, 6) is 0. The molecule has 1 N–H and O–H groups in total. The second-order valence-corrected chi connectivity index (χ2v) is 8.87. The van der Waals surface area contributed by atoms with Gasteiger partial charge in [-0.2, -0.15) is 4.72 Å². The lowest BCUT2D eigenvalue weighted by atomic mass is 9.99. The zero-order chi connectivity index (χ0) is 18.7. The zero-order valence-electron chi connectivity index (χ0n) is 14.6. The average molecular weight is 430 g/mol. The smallest absolute Gasteiger partial charge is 0.207 e. The maximum Gasteiger partial charge on any atom is 0.241 e. The first-order valence-electron chi connectivity index (χ1n) is 8.27. The predicted octanol–water partition coefficient (Wildman–Crippen LogP) is 5.13. The van der Waals surface area contributed by atoms with Crippen LogP contribution >= 0.6 is 15.9 Å². The van der Waals surface area contributed by atoms with E-state index in [2.05, 4.69) is 20.7 Å². The summed E-state index contributed by atoms with van der Waals surface area (Å²) in [4.78, 5) is 0.257. The Labute approximate surface area is 163 Å². The molecule has 0 bridgehead atoms. The lowest BCUT2D eigenvalue weighted by Gasteiger charge is -2.21. The van der Waals surface area contributed by atoms with Crippen molar-refractivity contribution in [3.63, 3.8) is 0 Å². The number of aryl methyl sites for hydroxylation is 2. The van der Waals surface area contributed by atoms with Crippen molar-refractivity contribution in [1.82, 2.24) is 4.72 Å². The molecule has 0 amide bonds. The van der Waals surface area contributed by atoms with Crippen LogP contribution in [0, 0.1) is 13.8 Å². The van der Waals surface area contributed by atoms with Gasteiger partial charge in [0, 0.05) is 4.47 Å². The Balaban J connectivity index is 2.05. The normalized spacial score (nSPS) is 12.7. The first-order chi connectivity index (χ1) is 12.4. The number of hydrogen-bond donors (Lipinski definition) is 1. The van der Waals surface area contributed by atoms with Gasteiger partial charge >= 0.3 is 0 Å². The van der Waals surface area contributed by atoms with E-state index in [-0.39, 0.29) is 4.90 Å². The quantitative estimate of drug-likeness (QED) is 0.610. The zero-order valence-corrected chi connectivity index (χ0v) is 17.0. The van der Waals surface area contributed by atoms with Crippen molar-refractivity contribution in [2.75, 3.05) is 0 Å². The minimum atomic E-state index is -3.67. The van der Waals surface area contributed by atoms with Gasteiger partial charge in [0.1, 0.15) is 0 Å². The third-order valence-corrected chi connectivity index (χ3v) is 6.39. The van der Waals surface area contributed by atoms with Crippen molar-refractivity contribution in [1.29, 1.82) is 0 Å². The van der Waals surface area contributed by atoms with Crippen molar-refractivity contribution >= 4 is 26.0 Å². The van der Waals surface area contributed by atoms with E-state index in [1.54, 1.807) is 24.3 Å². The van der Waals surface area contributed by atoms with Gasteiger partial charge in [-0.15, -0.1) is 0 Å². The highest BCUT2D eigenvalue weighted by Crippen LogP contribution is 2.30. The van der Waals surface area contributed by atoms with Crippen LogP contribution in [0.2, 0.25) is 0 Å². The second-order valence-electron chi connectivity index (χ2n) is 6.30. The van der Waals surface area contributed by atoms with E-state index in [1.165, 1.54) is 0 Å². The lowest BCUT2D eigenvalue weighted by molar-refractivity contribution is 0.572. The third kappa shape index (κ3) is 4.23. The summed E-state index contributed by atoms with van der Waals surface area (Å²) in [5.41, 5.74) is 3.90. The Morgan fingerprint density at radius 1 is 0.808 bits per heavy atom. The summed E-state index contributed by atoms with van der Waals surface area (Å²) in [7, 11) is -3.67. The van der Waals surface area contributed by atoms with Gasteiger partial charge in [-0.25, -0.2) is 8.42 Å². The molecular formula is C21H20BrNO2S. The van der Waals surface area contributed by atoms with Gasteiger partial charge in [-0.3, -0.25) is 0 Å². The fraction of sp³-hybridized carbons (Fsp3) is 0.143. The van der Waals surface area contributed by atoms with E-state index < -0.39 is 16.1 Å². The predicted molar refractivity (Wildman–Crippen MR) is 109 cm³/mol. The van der Waals surface area contributed by atoms with Crippen LogP contribution < -0.4 is 4.72 Å². The SMILES string of the molecule is Cc1ccc([C@H](NS(=O)(=O)c2ccc(C)cc2)c2ccccc2Br)cc1. The Morgan fingerprint density at radius 3 is 1.92 bits per heavy atom. The molecule has 1 atom stereocenters. The van der Waals surface area contributed by atoms with Crippen molar-refractivity contribution < 1.29 is 8.42 Å². The standard InChI is InChI=1S/C21H20BrNO2S/c1-15-7-11-17(12-8-15)21(19-5-3-4-6-20(19)22)23-26(24,25)18-13-9-16(2)10-14-18/h3-14,21,23H,1-2H3/t21-/m0/s1. The monoisotopic (exact) mass is 429 g/mol. The van der Waals surface area contributed by atoms with Crippen LogP contribution in [0.5, 0.6) is 0 Å². The molecule has 0 heterocycles. The van der Waals surface area contributed by atoms with Crippen LogP contribution in [-0.2, 0) is 10.0 Å². The molecule has 0 fully saturated rings. The number of halogens is 1. The van der Waals surface area contributed by atoms with Gasteiger partial charge in [-0.05, 0) is 43.2 Å². The molecule has 0 aromatic heterocycles. The fourth-order valence-corrected chi connectivity index (χ4v) is 4.44. The highest BCUT2D eigenvalue weighted by molar-refractivity contribution is 9.10. The van der Waals surface area contributed by atoms with E-state index in [0.29, 0.717) is 0 Å². The number of rotatable bonds is 5. The van der Waals surface area contributed by atoms with Crippen LogP contribution in [0.4, 0.5) is 0 Å². The van der Waals surface area contributed by atoms with Crippen LogP contribution in [-0.4, -0.2) is 8.42 Å². The minimum Gasteiger partial charge on any atom is -0.207 e. The van der Waals surface area contributed by atoms with Gasteiger partial charge in [0.05, 0.1) is 10.9 Å². The van der Waals surface area contributed by atoms with Gasteiger partial charge in [-0.1, -0.05) is 81.7 Å². The second kappa shape index (κ2) is 7.74. The maximum absolute atomic E-state index is 13.0. The molecule has 3 aromatic rings. The summed E-state index contributed by atoms with van der Waals surface area (Å²) in [6.45, 7) is 3.94. The van der Waals surface area contributed by atoms with E-state index >= 15 is 0 Å². The lowest BCUT2D eigenvalue weighted by Crippen LogP contribution is -2.29. The molecule has 3 aromatic carbocycles. The average Bonchev–Trinajstić information content (AvgIpc) is 2.62. The number of hydrogen-bond acceptors (Lipinski definition) is 2. The molecule has 0 radical (unpaired) electrons. The molecular weight excluding hydrogens is 410 g/mol. The van der Waals surface area contributed by atoms with Crippen molar-refractivity contribution in [2.24, 2.45) is 0 Å². The summed E-state index contributed by atoms with van der Waals surface area (Å²) in [5, 5.41) is 0. The molecule has 3 nitrogen and oxygen atoms in total. The Bertz CT molecular complexity index is 997. The van der Waals surface area contributed by atoms with E-state index in [1.807, 2.05) is 62.4 Å². The molecule has 0 aliphatic carbocycles. The van der Waals surface area contributed by atoms with Crippen molar-refractivity contribution in [3.05, 3.63) is 99.5 Å². The van der Waals surface area contributed by atoms with E-state index in [0.717, 1.165) is 26.7 Å². The van der Waals surface area contributed by atoms with Gasteiger partial charge in [0.2, 0.25) is 10.0 Å². The van der Waals surface area contributed by atoms with Crippen LogP contribution in [0.15, 0.2) is 82.2 Å². The number of nitrogens with one attached hydrogen (secondary N) is 1. The molecule has 0 spiro atoms. The molecule has 134 valence electrons. The highest BCUT2D eigenvalue weighted by Gasteiger charge is 2.24.